The minimum atomic E-state index is 1.38. The van der Waals surface area contributed by atoms with E-state index < -0.39 is 0 Å². The zero-order chi connectivity index (χ0) is 4.83. The number of hydrogen-bond donors (Lipinski definition) is 0. The molecule has 0 heterocycles. The normalized spacial score (nSPS) is 9.00. The van der Waals surface area contributed by atoms with Crippen molar-refractivity contribution in [3.05, 3.63) is 0 Å². The fourth-order valence-electron chi connectivity index (χ4n) is 0.394. The fourth-order valence-corrected chi connectivity index (χ4v) is 1.22. The molecule has 6 heavy (non-hydrogen) atoms. The molecule has 0 atom stereocenters. The second-order valence-electron chi connectivity index (χ2n) is 1.50. The van der Waals surface area contributed by atoms with Gasteiger partial charge in [-0.1, -0.05) is 0 Å². The SMILES string of the molecule is CCCC[CH2][SnH]. The van der Waals surface area contributed by atoms with Gasteiger partial charge in [0.2, 0.25) is 0 Å². The van der Waals surface area contributed by atoms with E-state index >= 15 is 0 Å². The van der Waals surface area contributed by atoms with Crippen LogP contribution in [0.15, 0.2) is 0 Å². The van der Waals surface area contributed by atoms with Gasteiger partial charge in [0.25, 0.3) is 0 Å². The Morgan fingerprint density at radius 1 is 1.33 bits per heavy atom. The maximum absolute atomic E-state index is 2.25. The molecule has 0 unspecified atom stereocenters. The molecular formula is C5H12Sn. The van der Waals surface area contributed by atoms with E-state index in [0.29, 0.717) is 0 Å². The van der Waals surface area contributed by atoms with Crippen LogP contribution >= 0.6 is 0 Å². The molecule has 0 aliphatic heterocycles. The van der Waals surface area contributed by atoms with Crippen molar-refractivity contribution < 1.29 is 0 Å². The first-order valence-corrected chi connectivity index (χ1v) is 4.95. The van der Waals surface area contributed by atoms with Gasteiger partial charge >= 0.3 is 53.1 Å². The van der Waals surface area contributed by atoms with Crippen molar-refractivity contribution in [2.24, 2.45) is 0 Å². The van der Waals surface area contributed by atoms with Crippen molar-refractivity contribution in [3.63, 3.8) is 0 Å². The zero-order valence-electron chi connectivity index (χ0n) is 4.41. The topological polar surface area (TPSA) is 0 Å². The Hall–Kier alpha value is 0.799. The summed E-state index contributed by atoms with van der Waals surface area (Å²) in [6.45, 7) is 2.25. The maximum atomic E-state index is 2.25. The van der Waals surface area contributed by atoms with Gasteiger partial charge in [0, 0.05) is 0 Å². The van der Waals surface area contributed by atoms with E-state index in [2.05, 4.69) is 6.92 Å². The summed E-state index contributed by atoms with van der Waals surface area (Å²) in [5.41, 5.74) is 0. The number of hydrogen-bond acceptors (Lipinski definition) is 0. The van der Waals surface area contributed by atoms with Crippen LogP contribution in [0.4, 0.5) is 0 Å². The monoisotopic (exact) mass is 192 g/mol. The van der Waals surface area contributed by atoms with E-state index in [9.17, 15) is 0 Å². The molecule has 0 aliphatic rings. The summed E-state index contributed by atoms with van der Waals surface area (Å²) in [7, 11) is 0. The van der Waals surface area contributed by atoms with Crippen molar-refractivity contribution >= 4 is 22.5 Å². The molecule has 0 aromatic carbocycles. The van der Waals surface area contributed by atoms with Crippen LogP contribution in [-0.2, 0) is 0 Å². The summed E-state index contributed by atoms with van der Waals surface area (Å²) in [6.07, 6.45) is 4.29. The molecule has 0 aliphatic carbocycles. The molecule has 0 aromatic heterocycles. The molecule has 0 fully saturated rings. The Kier molecular flexibility index (Phi) is 6.57. The molecule has 2 radical (unpaired) electrons. The summed E-state index contributed by atoms with van der Waals surface area (Å²) in [5, 5.41) is 0. The third kappa shape index (κ3) is 4.80. The van der Waals surface area contributed by atoms with Crippen LogP contribution in [0.3, 0.4) is 0 Å². The molecule has 0 aromatic rings. The first-order valence-electron chi connectivity index (χ1n) is 2.62. The van der Waals surface area contributed by atoms with Gasteiger partial charge in [-0.15, -0.1) is 0 Å². The van der Waals surface area contributed by atoms with E-state index in [1.807, 2.05) is 0 Å². The van der Waals surface area contributed by atoms with E-state index in [1.54, 1.807) is 0 Å². The van der Waals surface area contributed by atoms with Gasteiger partial charge in [-0.05, 0) is 0 Å². The van der Waals surface area contributed by atoms with Crippen LogP contribution in [0.5, 0.6) is 0 Å². The van der Waals surface area contributed by atoms with Gasteiger partial charge in [-0.2, -0.15) is 0 Å². The summed E-state index contributed by atoms with van der Waals surface area (Å²) in [6, 6.07) is 0. The summed E-state index contributed by atoms with van der Waals surface area (Å²) >= 11 is 1.46. The molecule has 0 N–H and O–H groups in total. The average molecular weight is 191 g/mol. The van der Waals surface area contributed by atoms with Crippen molar-refractivity contribution in [2.45, 2.75) is 30.6 Å². The average Bonchev–Trinajstić information content (AvgIpc) is 1.61. The molecule has 0 bridgehead atoms. The molecule has 36 valence electrons. The van der Waals surface area contributed by atoms with Crippen LogP contribution < -0.4 is 0 Å². The fraction of sp³-hybridized carbons (Fsp3) is 1.00. The van der Waals surface area contributed by atoms with Gasteiger partial charge in [-0.3, -0.25) is 0 Å². The zero-order valence-corrected chi connectivity index (χ0v) is 7.70. The summed E-state index contributed by atoms with van der Waals surface area (Å²) < 4.78 is 1.48. The first-order chi connectivity index (χ1) is 2.91. The second-order valence-corrected chi connectivity index (χ2v) is 3.14. The van der Waals surface area contributed by atoms with Gasteiger partial charge in [0.1, 0.15) is 0 Å². The standard InChI is InChI=1S/C5H11.Sn.H/c1-3-5-4-2;;/h1,3-5H2,2H3;;. The minimum absolute atomic E-state index is 1.38. The van der Waals surface area contributed by atoms with Crippen LogP contribution in [0.25, 0.3) is 0 Å². The molecule has 0 rings (SSSR count). The van der Waals surface area contributed by atoms with Gasteiger partial charge in [0.05, 0.1) is 0 Å². The van der Waals surface area contributed by atoms with Gasteiger partial charge in [-0.25, -0.2) is 0 Å². The van der Waals surface area contributed by atoms with E-state index in [0.717, 1.165) is 0 Å². The second kappa shape index (κ2) is 5.80. The van der Waals surface area contributed by atoms with Crippen LogP contribution in [0, 0.1) is 0 Å². The van der Waals surface area contributed by atoms with Crippen LogP contribution in [-0.4, -0.2) is 22.5 Å². The van der Waals surface area contributed by atoms with Crippen LogP contribution in [0.2, 0.25) is 4.44 Å². The van der Waals surface area contributed by atoms with E-state index in [1.165, 1.54) is 46.2 Å². The number of rotatable bonds is 3. The molecule has 1 heteroatoms. The Morgan fingerprint density at radius 3 is 2.17 bits per heavy atom. The molecule has 0 amide bonds. The Labute approximate surface area is 53.4 Å². The van der Waals surface area contributed by atoms with Crippen molar-refractivity contribution in [1.82, 2.24) is 0 Å². The van der Waals surface area contributed by atoms with Gasteiger partial charge in [0.15, 0.2) is 0 Å². The Balaban J connectivity index is 2.34. The third-order valence-corrected chi connectivity index (χ3v) is 1.97. The summed E-state index contributed by atoms with van der Waals surface area (Å²) in [4.78, 5) is 0. The molecule has 0 saturated carbocycles. The first kappa shape index (κ1) is 6.80. The van der Waals surface area contributed by atoms with Crippen molar-refractivity contribution in [2.75, 3.05) is 0 Å². The van der Waals surface area contributed by atoms with Crippen molar-refractivity contribution in [3.8, 4) is 0 Å². The molecular weight excluding hydrogens is 179 g/mol. The quantitative estimate of drug-likeness (QED) is 0.468. The Morgan fingerprint density at radius 2 is 2.00 bits per heavy atom. The molecule has 0 spiro atoms. The van der Waals surface area contributed by atoms with Crippen molar-refractivity contribution in [1.29, 1.82) is 0 Å². The van der Waals surface area contributed by atoms with E-state index in [-0.39, 0.29) is 0 Å². The number of unbranched alkanes of at least 4 members (excludes halogenated alkanes) is 2. The summed E-state index contributed by atoms with van der Waals surface area (Å²) in [5.74, 6) is 0. The van der Waals surface area contributed by atoms with Gasteiger partial charge < -0.3 is 0 Å². The van der Waals surface area contributed by atoms with E-state index in [4.69, 9.17) is 0 Å². The third-order valence-electron chi connectivity index (χ3n) is 0.808. The predicted molar refractivity (Wildman–Crippen MR) is 31.5 cm³/mol. The van der Waals surface area contributed by atoms with Crippen LogP contribution in [0.1, 0.15) is 26.2 Å². The molecule has 0 saturated heterocycles. The molecule has 0 nitrogen and oxygen atoms in total. The predicted octanol–water partition coefficient (Wildman–Crippen LogP) is 1.50. The Bertz CT molecular complexity index is 15.9.